The molecule has 2 aromatic carbocycles. The fourth-order valence-corrected chi connectivity index (χ4v) is 3.45. The lowest BCUT2D eigenvalue weighted by molar-refractivity contribution is 0.718. The van der Waals surface area contributed by atoms with Gasteiger partial charge in [0.15, 0.2) is 0 Å². The minimum Gasteiger partial charge on any atom is -0.313 e. The predicted octanol–water partition coefficient (Wildman–Crippen LogP) is 5.02. The minimum absolute atomic E-state index is 0.915. The van der Waals surface area contributed by atoms with Crippen molar-refractivity contribution in [1.82, 2.24) is 5.32 Å². The van der Waals surface area contributed by atoms with Crippen molar-refractivity contribution in [2.24, 2.45) is 0 Å². The molecule has 0 aliphatic rings. The first-order valence-electron chi connectivity index (χ1n) is 6.42. The number of nitrogens with one attached hydrogen (secondary N) is 1. The molecule has 0 saturated heterocycles. The first-order valence-corrected chi connectivity index (χ1v) is 8.03. The van der Waals surface area contributed by atoms with Crippen LogP contribution in [0.1, 0.15) is 18.1 Å². The molecule has 2 aromatic rings. The van der Waals surface area contributed by atoms with Gasteiger partial charge in [0.1, 0.15) is 0 Å². The topological polar surface area (TPSA) is 12.0 Å². The number of hydrogen-bond donors (Lipinski definition) is 1. The average Bonchev–Trinajstić information content (AvgIpc) is 2.38. The molecule has 1 nitrogen and oxygen atoms in total. The molecule has 2 rings (SSSR count). The number of rotatable bonds is 5. The van der Waals surface area contributed by atoms with Crippen LogP contribution in [0.25, 0.3) is 0 Å². The molecular formula is C16H18BrNS. The van der Waals surface area contributed by atoms with Gasteiger partial charge in [-0.25, -0.2) is 0 Å². The Morgan fingerprint density at radius 1 is 1.16 bits per heavy atom. The van der Waals surface area contributed by atoms with E-state index in [0.29, 0.717) is 0 Å². The lowest BCUT2D eigenvalue weighted by Crippen LogP contribution is -2.12. The molecular weight excluding hydrogens is 318 g/mol. The highest BCUT2D eigenvalue weighted by Crippen LogP contribution is 2.33. The van der Waals surface area contributed by atoms with E-state index in [1.54, 1.807) is 0 Å². The molecule has 0 atom stereocenters. The first-order chi connectivity index (χ1) is 9.19. The monoisotopic (exact) mass is 335 g/mol. The Morgan fingerprint density at radius 2 is 2.00 bits per heavy atom. The fourth-order valence-electron chi connectivity index (χ4n) is 1.83. The van der Waals surface area contributed by atoms with E-state index in [2.05, 4.69) is 77.6 Å². The molecule has 0 saturated carbocycles. The molecule has 1 N–H and O–H groups in total. The zero-order valence-electron chi connectivity index (χ0n) is 11.2. The Labute approximate surface area is 127 Å². The van der Waals surface area contributed by atoms with Crippen molar-refractivity contribution in [3.05, 3.63) is 58.1 Å². The van der Waals surface area contributed by atoms with Crippen LogP contribution in [0.4, 0.5) is 0 Å². The lowest BCUT2D eigenvalue weighted by atomic mass is 10.2. The normalized spacial score (nSPS) is 10.7. The van der Waals surface area contributed by atoms with E-state index in [0.717, 1.165) is 17.6 Å². The molecule has 3 heteroatoms. The van der Waals surface area contributed by atoms with Crippen LogP contribution < -0.4 is 5.32 Å². The van der Waals surface area contributed by atoms with Crippen LogP contribution in [0, 0.1) is 6.92 Å². The molecule has 100 valence electrons. The van der Waals surface area contributed by atoms with Gasteiger partial charge in [-0.3, -0.25) is 0 Å². The Kier molecular flexibility index (Phi) is 5.49. The molecule has 0 aromatic heterocycles. The summed E-state index contributed by atoms with van der Waals surface area (Å²) in [5.41, 5.74) is 2.64. The molecule has 0 amide bonds. The van der Waals surface area contributed by atoms with Crippen molar-refractivity contribution in [2.45, 2.75) is 30.2 Å². The summed E-state index contributed by atoms with van der Waals surface area (Å²) in [4.78, 5) is 2.59. The van der Waals surface area contributed by atoms with Crippen molar-refractivity contribution in [3.8, 4) is 0 Å². The van der Waals surface area contributed by atoms with Crippen LogP contribution in [-0.4, -0.2) is 6.54 Å². The molecule has 0 aliphatic heterocycles. The van der Waals surface area contributed by atoms with Crippen molar-refractivity contribution < 1.29 is 0 Å². The summed E-state index contributed by atoms with van der Waals surface area (Å²) in [5, 5.41) is 3.39. The van der Waals surface area contributed by atoms with Gasteiger partial charge in [0.25, 0.3) is 0 Å². The minimum atomic E-state index is 0.915. The highest BCUT2D eigenvalue weighted by Gasteiger charge is 2.05. The maximum atomic E-state index is 3.56. The summed E-state index contributed by atoms with van der Waals surface area (Å²) in [5.74, 6) is 0. The van der Waals surface area contributed by atoms with Crippen molar-refractivity contribution in [1.29, 1.82) is 0 Å². The number of halogens is 1. The van der Waals surface area contributed by atoms with E-state index in [4.69, 9.17) is 0 Å². The van der Waals surface area contributed by atoms with Crippen LogP contribution in [0.2, 0.25) is 0 Å². The lowest BCUT2D eigenvalue weighted by Gasteiger charge is -2.10. The molecule has 0 unspecified atom stereocenters. The quantitative estimate of drug-likeness (QED) is 0.823. The van der Waals surface area contributed by atoms with Crippen molar-refractivity contribution in [2.75, 3.05) is 6.54 Å². The zero-order valence-corrected chi connectivity index (χ0v) is 13.6. The van der Waals surface area contributed by atoms with E-state index >= 15 is 0 Å². The Morgan fingerprint density at radius 3 is 2.74 bits per heavy atom. The number of benzene rings is 2. The summed E-state index contributed by atoms with van der Waals surface area (Å²) >= 11 is 5.38. The standard InChI is InChI=1S/C16H18BrNS/c1-3-18-11-13-7-8-14(17)10-16(13)19-15-6-4-5-12(2)9-15/h4-10,18H,3,11H2,1-2H3. The third-order valence-corrected chi connectivity index (χ3v) is 4.39. The highest BCUT2D eigenvalue weighted by molar-refractivity contribution is 9.10. The largest absolute Gasteiger partial charge is 0.313 e. The van der Waals surface area contributed by atoms with E-state index in [-0.39, 0.29) is 0 Å². The van der Waals surface area contributed by atoms with E-state index < -0.39 is 0 Å². The van der Waals surface area contributed by atoms with Gasteiger partial charge < -0.3 is 5.32 Å². The average molecular weight is 336 g/mol. The molecule has 0 aliphatic carbocycles. The Hall–Kier alpha value is -0.770. The SMILES string of the molecule is CCNCc1ccc(Br)cc1Sc1cccc(C)c1. The molecule has 0 fully saturated rings. The van der Waals surface area contributed by atoms with Gasteiger partial charge >= 0.3 is 0 Å². The van der Waals surface area contributed by atoms with Crippen LogP contribution in [-0.2, 0) is 6.54 Å². The second-order valence-electron chi connectivity index (χ2n) is 4.45. The Bertz CT molecular complexity index is 554. The van der Waals surface area contributed by atoms with E-state index in [9.17, 15) is 0 Å². The van der Waals surface area contributed by atoms with Gasteiger partial charge in [-0.15, -0.1) is 0 Å². The van der Waals surface area contributed by atoms with Crippen molar-refractivity contribution >= 4 is 27.7 Å². The summed E-state index contributed by atoms with van der Waals surface area (Å²) in [6.07, 6.45) is 0. The second-order valence-corrected chi connectivity index (χ2v) is 6.48. The van der Waals surface area contributed by atoms with Gasteiger partial charge in [0.2, 0.25) is 0 Å². The van der Waals surface area contributed by atoms with Gasteiger partial charge in [0.05, 0.1) is 0 Å². The van der Waals surface area contributed by atoms with Gasteiger partial charge in [0, 0.05) is 20.8 Å². The van der Waals surface area contributed by atoms with Crippen molar-refractivity contribution in [3.63, 3.8) is 0 Å². The number of hydrogen-bond acceptors (Lipinski definition) is 2. The highest BCUT2D eigenvalue weighted by atomic mass is 79.9. The molecule has 0 radical (unpaired) electrons. The summed E-state index contributed by atoms with van der Waals surface area (Å²) in [7, 11) is 0. The summed E-state index contributed by atoms with van der Waals surface area (Å²) in [6.45, 7) is 6.17. The first kappa shape index (κ1) is 14.6. The molecule has 0 bridgehead atoms. The molecule has 19 heavy (non-hydrogen) atoms. The maximum Gasteiger partial charge on any atom is 0.0216 e. The molecule has 0 heterocycles. The van der Waals surface area contributed by atoms with E-state index in [1.165, 1.54) is 20.9 Å². The predicted molar refractivity (Wildman–Crippen MR) is 86.8 cm³/mol. The zero-order chi connectivity index (χ0) is 13.7. The Balaban J connectivity index is 2.24. The third kappa shape index (κ3) is 4.37. The van der Waals surface area contributed by atoms with Gasteiger partial charge in [-0.1, -0.05) is 58.4 Å². The number of aryl methyl sites for hydroxylation is 1. The van der Waals surface area contributed by atoms with Crippen LogP contribution in [0.5, 0.6) is 0 Å². The molecule has 0 spiro atoms. The van der Waals surface area contributed by atoms with E-state index in [1.807, 2.05) is 11.8 Å². The van der Waals surface area contributed by atoms with Gasteiger partial charge in [-0.05, 0) is 43.3 Å². The van der Waals surface area contributed by atoms with Crippen LogP contribution in [0.3, 0.4) is 0 Å². The summed E-state index contributed by atoms with van der Waals surface area (Å²) in [6, 6.07) is 15.1. The maximum absolute atomic E-state index is 3.56. The van der Waals surface area contributed by atoms with Crippen LogP contribution in [0.15, 0.2) is 56.7 Å². The fraction of sp³-hybridized carbons (Fsp3) is 0.250. The van der Waals surface area contributed by atoms with Crippen LogP contribution >= 0.6 is 27.7 Å². The third-order valence-electron chi connectivity index (χ3n) is 2.81. The van der Waals surface area contributed by atoms with Gasteiger partial charge in [-0.2, -0.15) is 0 Å². The second kappa shape index (κ2) is 7.13. The summed E-state index contributed by atoms with van der Waals surface area (Å²) < 4.78 is 1.13. The smallest absolute Gasteiger partial charge is 0.0216 e.